The number of aromatic nitrogens is 1. The molecular formula is C19H17F3N2O3S. The molecule has 3 aromatic rings. The van der Waals surface area contributed by atoms with Gasteiger partial charge in [0, 0.05) is 29.1 Å². The number of halogens is 3. The molecule has 0 bridgehead atoms. The number of methoxy groups -OCH3 is 2. The van der Waals surface area contributed by atoms with Crippen LogP contribution in [-0.2, 0) is 6.54 Å². The molecule has 3 rings (SSSR count). The quantitative estimate of drug-likeness (QED) is 0.570. The number of benzene rings is 2. The number of hydrogen-bond acceptors (Lipinski definition) is 6. The molecule has 0 atom stereocenters. The summed E-state index contributed by atoms with van der Waals surface area (Å²) in [6.45, 7) is 0.498. The SMILES string of the molecule is COc1ccc(CNc2nc(-c3ccc(OC(F)(F)F)cc3)cs2)c(OC)c1. The zero-order valence-corrected chi connectivity index (χ0v) is 15.9. The predicted molar refractivity (Wildman–Crippen MR) is 101 cm³/mol. The largest absolute Gasteiger partial charge is 0.573 e. The van der Waals surface area contributed by atoms with Crippen molar-refractivity contribution in [2.75, 3.05) is 19.5 Å². The minimum Gasteiger partial charge on any atom is -0.497 e. The first-order valence-electron chi connectivity index (χ1n) is 8.14. The zero-order valence-electron chi connectivity index (χ0n) is 15.0. The van der Waals surface area contributed by atoms with Gasteiger partial charge in [0.1, 0.15) is 17.2 Å². The Bertz CT molecular complexity index is 927. The van der Waals surface area contributed by atoms with Gasteiger partial charge in [-0.1, -0.05) is 0 Å². The first-order chi connectivity index (χ1) is 13.4. The lowest BCUT2D eigenvalue weighted by Crippen LogP contribution is -2.16. The molecule has 5 nitrogen and oxygen atoms in total. The number of alkyl halides is 3. The van der Waals surface area contributed by atoms with Gasteiger partial charge in [-0.15, -0.1) is 24.5 Å². The van der Waals surface area contributed by atoms with Crippen molar-refractivity contribution < 1.29 is 27.4 Å². The molecule has 0 aliphatic heterocycles. The molecule has 0 spiro atoms. The number of thiazole rings is 1. The Kier molecular flexibility index (Phi) is 5.93. The van der Waals surface area contributed by atoms with Crippen LogP contribution < -0.4 is 19.5 Å². The molecular weight excluding hydrogens is 393 g/mol. The van der Waals surface area contributed by atoms with E-state index in [-0.39, 0.29) is 5.75 Å². The minimum absolute atomic E-state index is 0.267. The molecule has 148 valence electrons. The van der Waals surface area contributed by atoms with Crippen molar-refractivity contribution in [3.05, 3.63) is 53.4 Å². The van der Waals surface area contributed by atoms with Gasteiger partial charge in [0.2, 0.25) is 0 Å². The van der Waals surface area contributed by atoms with Gasteiger partial charge in [-0.2, -0.15) is 0 Å². The second-order valence-electron chi connectivity index (χ2n) is 5.64. The maximum Gasteiger partial charge on any atom is 0.573 e. The summed E-state index contributed by atoms with van der Waals surface area (Å²) in [5.74, 6) is 1.13. The number of rotatable bonds is 7. The molecule has 1 aromatic heterocycles. The van der Waals surface area contributed by atoms with Gasteiger partial charge in [-0.3, -0.25) is 0 Å². The van der Waals surface area contributed by atoms with E-state index < -0.39 is 6.36 Å². The normalized spacial score (nSPS) is 11.2. The Hall–Kier alpha value is -2.94. The molecule has 0 saturated heterocycles. The summed E-state index contributed by atoms with van der Waals surface area (Å²) in [6.07, 6.45) is -4.71. The van der Waals surface area contributed by atoms with Crippen LogP contribution in [-0.4, -0.2) is 25.6 Å². The highest BCUT2D eigenvalue weighted by Gasteiger charge is 2.31. The van der Waals surface area contributed by atoms with Crippen molar-refractivity contribution in [2.45, 2.75) is 12.9 Å². The lowest BCUT2D eigenvalue weighted by atomic mass is 10.2. The Labute approximate surface area is 163 Å². The monoisotopic (exact) mass is 410 g/mol. The third kappa shape index (κ3) is 5.07. The van der Waals surface area contributed by atoms with Crippen molar-refractivity contribution >= 4 is 16.5 Å². The minimum atomic E-state index is -4.71. The molecule has 0 aliphatic rings. The third-order valence-electron chi connectivity index (χ3n) is 3.81. The van der Waals surface area contributed by atoms with Crippen molar-refractivity contribution in [1.82, 2.24) is 4.98 Å². The van der Waals surface area contributed by atoms with E-state index in [1.807, 2.05) is 17.5 Å². The van der Waals surface area contributed by atoms with Gasteiger partial charge < -0.3 is 19.5 Å². The summed E-state index contributed by atoms with van der Waals surface area (Å²) >= 11 is 1.40. The fraction of sp³-hybridized carbons (Fsp3) is 0.211. The lowest BCUT2D eigenvalue weighted by molar-refractivity contribution is -0.274. The van der Waals surface area contributed by atoms with Crippen molar-refractivity contribution in [2.24, 2.45) is 0 Å². The molecule has 2 aromatic carbocycles. The first kappa shape index (κ1) is 19.8. The van der Waals surface area contributed by atoms with Gasteiger partial charge in [-0.25, -0.2) is 4.98 Å². The highest BCUT2D eigenvalue weighted by atomic mass is 32.1. The summed E-state index contributed by atoms with van der Waals surface area (Å²) in [4.78, 5) is 4.47. The smallest absolute Gasteiger partial charge is 0.497 e. The van der Waals surface area contributed by atoms with E-state index in [9.17, 15) is 13.2 Å². The van der Waals surface area contributed by atoms with Crippen LogP contribution >= 0.6 is 11.3 Å². The lowest BCUT2D eigenvalue weighted by Gasteiger charge is -2.10. The predicted octanol–water partition coefficient (Wildman–Crippen LogP) is 5.34. The Morgan fingerprint density at radius 1 is 1.00 bits per heavy atom. The summed E-state index contributed by atoms with van der Waals surface area (Å²) in [5.41, 5.74) is 2.29. The van der Waals surface area contributed by atoms with Gasteiger partial charge >= 0.3 is 6.36 Å². The first-order valence-corrected chi connectivity index (χ1v) is 9.02. The van der Waals surface area contributed by atoms with E-state index in [1.165, 1.54) is 35.6 Å². The van der Waals surface area contributed by atoms with Crippen molar-refractivity contribution in [3.8, 4) is 28.5 Å². The summed E-state index contributed by atoms with van der Waals surface area (Å²) < 4.78 is 51.1. The van der Waals surface area contributed by atoms with Crippen molar-refractivity contribution in [1.29, 1.82) is 0 Å². The molecule has 9 heteroatoms. The fourth-order valence-corrected chi connectivity index (χ4v) is 3.20. The van der Waals surface area contributed by atoms with E-state index >= 15 is 0 Å². The fourth-order valence-electron chi connectivity index (χ4n) is 2.48. The number of nitrogens with zero attached hydrogens (tertiary/aromatic N) is 1. The van der Waals surface area contributed by atoms with Crippen LogP contribution in [0.2, 0.25) is 0 Å². The second-order valence-corrected chi connectivity index (χ2v) is 6.50. The molecule has 28 heavy (non-hydrogen) atoms. The molecule has 0 unspecified atom stereocenters. The molecule has 0 aliphatic carbocycles. The van der Waals surface area contributed by atoms with Gasteiger partial charge in [-0.05, 0) is 36.4 Å². The highest BCUT2D eigenvalue weighted by Crippen LogP contribution is 2.30. The summed E-state index contributed by atoms with van der Waals surface area (Å²) in [7, 11) is 3.18. The standard InChI is InChI=1S/C19H17F3N2O3S/c1-25-15-8-5-13(17(9-15)26-2)10-23-18-24-16(11-28-18)12-3-6-14(7-4-12)27-19(20,21)22/h3-9,11H,10H2,1-2H3,(H,23,24). The van der Waals surface area contributed by atoms with Crippen LogP contribution in [0.25, 0.3) is 11.3 Å². The van der Waals surface area contributed by atoms with Crippen molar-refractivity contribution in [3.63, 3.8) is 0 Å². The zero-order chi connectivity index (χ0) is 20.1. The van der Waals surface area contributed by atoms with E-state index in [4.69, 9.17) is 9.47 Å². The topological polar surface area (TPSA) is 52.6 Å². The maximum atomic E-state index is 12.2. The van der Waals surface area contributed by atoms with E-state index in [1.54, 1.807) is 20.3 Å². The van der Waals surface area contributed by atoms with Gasteiger partial charge in [0.25, 0.3) is 0 Å². The van der Waals surface area contributed by atoms with E-state index in [0.29, 0.717) is 34.4 Å². The maximum absolute atomic E-state index is 12.2. The van der Waals surface area contributed by atoms with Crippen LogP contribution in [0, 0.1) is 0 Å². The van der Waals surface area contributed by atoms with Gasteiger partial charge in [0.15, 0.2) is 5.13 Å². The molecule has 1 heterocycles. The second kappa shape index (κ2) is 8.39. The molecule has 0 fully saturated rings. The Balaban J connectivity index is 1.66. The van der Waals surface area contributed by atoms with Gasteiger partial charge in [0.05, 0.1) is 19.9 Å². The molecule has 1 N–H and O–H groups in total. The highest BCUT2D eigenvalue weighted by molar-refractivity contribution is 7.14. The number of nitrogens with one attached hydrogen (secondary N) is 1. The molecule has 0 amide bonds. The third-order valence-corrected chi connectivity index (χ3v) is 4.61. The number of hydrogen-bond donors (Lipinski definition) is 1. The van der Waals surface area contributed by atoms with E-state index in [0.717, 1.165) is 5.56 Å². The van der Waals surface area contributed by atoms with Crippen LogP contribution in [0.15, 0.2) is 47.8 Å². The summed E-state index contributed by atoms with van der Waals surface area (Å²) in [6, 6.07) is 11.1. The average Bonchev–Trinajstić information content (AvgIpc) is 3.14. The number of ether oxygens (including phenoxy) is 3. The van der Waals surface area contributed by atoms with Crippen LogP contribution in [0.3, 0.4) is 0 Å². The average molecular weight is 410 g/mol. The van der Waals surface area contributed by atoms with Crippen LogP contribution in [0.1, 0.15) is 5.56 Å². The van der Waals surface area contributed by atoms with Crippen LogP contribution in [0.4, 0.5) is 18.3 Å². The Morgan fingerprint density at radius 3 is 2.36 bits per heavy atom. The van der Waals surface area contributed by atoms with E-state index in [2.05, 4.69) is 15.0 Å². The van der Waals surface area contributed by atoms with Crippen LogP contribution in [0.5, 0.6) is 17.2 Å². The molecule has 0 saturated carbocycles. The summed E-state index contributed by atoms with van der Waals surface area (Å²) in [5, 5.41) is 5.73. The molecule has 0 radical (unpaired) electrons. The Morgan fingerprint density at radius 2 is 1.71 bits per heavy atom. The number of anilines is 1.